The van der Waals surface area contributed by atoms with Gasteiger partial charge in [0.05, 0.1) is 12.7 Å². The molecule has 4 heteroatoms. The van der Waals surface area contributed by atoms with Crippen LogP contribution in [-0.2, 0) is 0 Å². The second-order valence-corrected chi connectivity index (χ2v) is 5.98. The lowest BCUT2D eigenvalue weighted by molar-refractivity contribution is 0.280. The van der Waals surface area contributed by atoms with Gasteiger partial charge in [-0.25, -0.2) is 4.39 Å². The topological polar surface area (TPSA) is 45.0 Å². The molecule has 0 aliphatic heterocycles. The van der Waals surface area contributed by atoms with Crippen molar-refractivity contribution in [1.82, 2.24) is 5.32 Å². The van der Waals surface area contributed by atoms with Crippen molar-refractivity contribution in [3.05, 3.63) is 29.6 Å². The highest BCUT2D eigenvalue weighted by Gasteiger charge is 2.23. The highest BCUT2D eigenvalue weighted by Crippen LogP contribution is 2.19. The molecule has 1 N–H and O–H groups in total. The largest absolute Gasteiger partial charge is 0.491 e. The fraction of sp³-hybridized carbons (Fsp3) is 0.588. The predicted octanol–water partition coefficient (Wildman–Crippen LogP) is 3.96. The fourth-order valence-corrected chi connectivity index (χ4v) is 2.28. The zero-order valence-electron chi connectivity index (χ0n) is 13.4. The van der Waals surface area contributed by atoms with Crippen LogP contribution in [0.2, 0.25) is 0 Å². The Bertz CT molecular complexity index is 496. The molecule has 1 aromatic carbocycles. The van der Waals surface area contributed by atoms with Crippen molar-refractivity contribution in [2.24, 2.45) is 0 Å². The van der Waals surface area contributed by atoms with Crippen LogP contribution >= 0.6 is 0 Å². The number of benzene rings is 1. The minimum absolute atomic E-state index is 0.271. The van der Waals surface area contributed by atoms with Crippen molar-refractivity contribution in [3.63, 3.8) is 0 Å². The average Bonchev–Trinajstić information content (AvgIpc) is 2.41. The van der Waals surface area contributed by atoms with Gasteiger partial charge in [0.1, 0.15) is 5.54 Å². The van der Waals surface area contributed by atoms with Gasteiger partial charge >= 0.3 is 0 Å². The fourth-order valence-electron chi connectivity index (χ4n) is 2.28. The summed E-state index contributed by atoms with van der Waals surface area (Å²) < 4.78 is 19.0. The first-order valence-electron chi connectivity index (χ1n) is 7.44. The summed E-state index contributed by atoms with van der Waals surface area (Å²) in [5.74, 6) is -0.0257. The van der Waals surface area contributed by atoms with Crippen LogP contribution in [0, 0.1) is 24.1 Å². The monoisotopic (exact) mass is 292 g/mol. The van der Waals surface area contributed by atoms with E-state index in [2.05, 4.69) is 11.4 Å². The average molecular weight is 292 g/mol. The van der Waals surface area contributed by atoms with Gasteiger partial charge in [-0.1, -0.05) is 6.07 Å². The van der Waals surface area contributed by atoms with Crippen LogP contribution in [0.5, 0.6) is 5.75 Å². The Morgan fingerprint density at radius 2 is 2.10 bits per heavy atom. The van der Waals surface area contributed by atoms with Crippen molar-refractivity contribution < 1.29 is 9.13 Å². The molecular weight excluding hydrogens is 267 g/mol. The van der Waals surface area contributed by atoms with E-state index in [1.807, 2.05) is 27.7 Å². The number of unbranched alkanes of at least 4 members (excludes halogenated alkanes) is 1. The lowest BCUT2D eigenvalue weighted by atomic mass is 9.96. The van der Waals surface area contributed by atoms with E-state index in [1.54, 1.807) is 12.1 Å². The number of nitrogens with zero attached hydrogens (tertiary/aromatic N) is 1. The normalized spacial score (nSPS) is 13.8. The number of nitriles is 1. The molecule has 0 radical (unpaired) electrons. The molecule has 1 atom stereocenters. The van der Waals surface area contributed by atoms with E-state index in [9.17, 15) is 9.65 Å². The zero-order valence-corrected chi connectivity index (χ0v) is 13.4. The molecule has 0 saturated carbocycles. The van der Waals surface area contributed by atoms with E-state index in [-0.39, 0.29) is 11.9 Å². The van der Waals surface area contributed by atoms with Gasteiger partial charge in [-0.3, -0.25) is 5.32 Å². The molecule has 1 unspecified atom stereocenters. The molecule has 3 nitrogen and oxygen atoms in total. The highest BCUT2D eigenvalue weighted by molar-refractivity contribution is 5.29. The van der Waals surface area contributed by atoms with Crippen molar-refractivity contribution in [1.29, 1.82) is 5.26 Å². The molecule has 21 heavy (non-hydrogen) atoms. The van der Waals surface area contributed by atoms with Crippen molar-refractivity contribution >= 4 is 0 Å². The van der Waals surface area contributed by atoms with Gasteiger partial charge in [0.15, 0.2) is 11.6 Å². The first-order chi connectivity index (χ1) is 9.86. The molecule has 0 bridgehead atoms. The van der Waals surface area contributed by atoms with E-state index in [0.717, 1.165) is 24.8 Å². The van der Waals surface area contributed by atoms with Crippen molar-refractivity contribution in [2.45, 2.75) is 58.5 Å². The van der Waals surface area contributed by atoms with Crippen LogP contribution < -0.4 is 10.1 Å². The molecular formula is C17H25FN2O. The summed E-state index contributed by atoms with van der Waals surface area (Å²) in [7, 11) is 0. The number of aryl methyl sites for hydroxylation is 1. The van der Waals surface area contributed by atoms with E-state index in [0.29, 0.717) is 12.4 Å². The molecule has 116 valence electrons. The Kier molecular flexibility index (Phi) is 6.64. The molecule has 0 saturated heterocycles. The zero-order chi connectivity index (χ0) is 15.9. The summed E-state index contributed by atoms with van der Waals surface area (Å²) >= 11 is 0. The number of hydrogen-bond donors (Lipinski definition) is 1. The SMILES string of the molecule is Cc1ccc(F)c(OCCCCC(C)(C#N)NC(C)C)c1. The Balaban J connectivity index is 2.34. The van der Waals surface area contributed by atoms with Gasteiger partial charge in [-0.2, -0.15) is 5.26 Å². The van der Waals surface area contributed by atoms with Gasteiger partial charge < -0.3 is 4.74 Å². The van der Waals surface area contributed by atoms with E-state index < -0.39 is 5.54 Å². The Hall–Kier alpha value is -1.60. The van der Waals surface area contributed by atoms with Crippen LogP contribution in [0.4, 0.5) is 4.39 Å². The molecule has 0 aromatic heterocycles. The Morgan fingerprint density at radius 3 is 2.71 bits per heavy atom. The summed E-state index contributed by atoms with van der Waals surface area (Å²) in [6, 6.07) is 7.44. The van der Waals surface area contributed by atoms with Crippen molar-refractivity contribution in [3.8, 4) is 11.8 Å². The Labute approximate surface area is 127 Å². The van der Waals surface area contributed by atoms with Crippen LogP contribution in [-0.4, -0.2) is 18.2 Å². The van der Waals surface area contributed by atoms with Crippen LogP contribution in [0.3, 0.4) is 0 Å². The lowest BCUT2D eigenvalue weighted by Crippen LogP contribution is -2.44. The summed E-state index contributed by atoms with van der Waals surface area (Å²) in [6.45, 7) is 8.33. The molecule has 0 aliphatic carbocycles. The van der Waals surface area contributed by atoms with E-state index in [1.165, 1.54) is 6.07 Å². The maximum Gasteiger partial charge on any atom is 0.165 e. The van der Waals surface area contributed by atoms with Gasteiger partial charge in [-0.15, -0.1) is 0 Å². The molecule has 0 fully saturated rings. The maximum absolute atomic E-state index is 13.5. The minimum atomic E-state index is -0.511. The third-order valence-electron chi connectivity index (χ3n) is 3.27. The van der Waals surface area contributed by atoms with Gasteiger partial charge in [0.25, 0.3) is 0 Å². The standard InChI is InChI=1S/C17H25FN2O/c1-13(2)20-17(4,12-19)9-5-6-10-21-16-11-14(3)7-8-15(16)18/h7-8,11,13,20H,5-6,9-10H2,1-4H3. The summed E-state index contributed by atoms with van der Waals surface area (Å²) in [6.07, 6.45) is 2.41. The molecule has 0 aliphatic rings. The highest BCUT2D eigenvalue weighted by atomic mass is 19.1. The first-order valence-corrected chi connectivity index (χ1v) is 7.44. The second kappa shape index (κ2) is 7.99. The lowest BCUT2D eigenvalue weighted by Gasteiger charge is -2.25. The van der Waals surface area contributed by atoms with Crippen LogP contribution in [0.15, 0.2) is 18.2 Å². The number of ether oxygens (including phenoxy) is 1. The second-order valence-electron chi connectivity index (χ2n) is 5.98. The Morgan fingerprint density at radius 1 is 1.38 bits per heavy atom. The molecule has 1 aromatic rings. The molecule has 1 rings (SSSR count). The smallest absolute Gasteiger partial charge is 0.165 e. The van der Waals surface area contributed by atoms with Crippen LogP contribution in [0.1, 0.15) is 45.6 Å². The van der Waals surface area contributed by atoms with Crippen molar-refractivity contribution in [2.75, 3.05) is 6.61 Å². The van der Waals surface area contributed by atoms with Gasteiger partial charge in [0.2, 0.25) is 0 Å². The maximum atomic E-state index is 13.5. The van der Waals surface area contributed by atoms with E-state index in [4.69, 9.17) is 4.74 Å². The van der Waals surface area contributed by atoms with Crippen LogP contribution in [0.25, 0.3) is 0 Å². The van der Waals surface area contributed by atoms with E-state index >= 15 is 0 Å². The summed E-state index contributed by atoms with van der Waals surface area (Å²) in [5.41, 5.74) is 0.465. The summed E-state index contributed by atoms with van der Waals surface area (Å²) in [4.78, 5) is 0. The quantitative estimate of drug-likeness (QED) is 0.738. The number of halogens is 1. The third kappa shape index (κ3) is 6.14. The minimum Gasteiger partial charge on any atom is -0.491 e. The molecule has 0 heterocycles. The molecule has 0 amide bonds. The number of hydrogen-bond acceptors (Lipinski definition) is 3. The molecule has 0 spiro atoms. The van der Waals surface area contributed by atoms with Gasteiger partial charge in [0, 0.05) is 6.04 Å². The summed E-state index contributed by atoms with van der Waals surface area (Å²) in [5, 5.41) is 12.5. The van der Waals surface area contributed by atoms with Gasteiger partial charge in [-0.05, 0) is 64.7 Å². The predicted molar refractivity (Wildman–Crippen MR) is 82.8 cm³/mol. The number of nitrogens with one attached hydrogen (secondary N) is 1. The number of rotatable bonds is 8. The first kappa shape index (κ1) is 17.5. The third-order valence-corrected chi connectivity index (χ3v) is 3.27.